The number of nitrogens with zero attached hydrogens (tertiary/aromatic N) is 2. The van der Waals surface area contributed by atoms with Gasteiger partial charge in [0, 0.05) is 23.3 Å². The fraction of sp³-hybridized carbons (Fsp3) is 0.120. The van der Waals surface area contributed by atoms with Gasteiger partial charge in [0.05, 0.1) is 22.3 Å². The lowest BCUT2D eigenvalue weighted by Crippen LogP contribution is -2.23. The molecule has 0 saturated carbocycles. The van der Waals surface area contributed by atoms with E-state index in [9.17, 15) is 14.4 Å². The van der Waals surface area contributed by atoms with Gasteiger partial charge in [-0.2, -0.15) is 0 Å². The SMILES string of the molecule is CNC(=O)c1cccc(NC(=O)CSc2nc3cc(Cl)ccc3c(=O)n2-c2ccccc2C)c1. The molecule has 0 fully saturated rings. The second-order valence-corrected chi connectivity index (χ2v) is 8.86. The topological polar surface area (TPSA) is 93.1 Å². The van der Waals surface area contributed by atoms with Crippen molar-refractivity contribution in [1.82, 2.24) is 14.9 Å². The number of carbonyl (C=O) groups excluding carboxylic acids is 2. The first kappa shape index (κ1) is 23.5. The first-order valence-electron chi connectivity index (χ1n) is 10.4. The van der Waals surface area contributed by atoms with Crippen LogP contribution in [0.4, 0.5) is 5.69 Å². The number of halogens is 1. The molecular formula is C25H21ClN4O3S. The van der Waals surface area contributed by atoms with Gasteiger partial charge in [-0.3, -0.25) is 19.0 Å². The molecule has 1 heterocycles. The Morgan fingerprint density at radius 1 is 1.06 bits per heavy atom. The summed E-state index contributed by atoms with van der Waals surface area (Å²) in [5.41, 5.74) is 2.76. The number of nitrogens with one attached hydrogen (secondary N) is 2. The number of para-hydroxylation sites is 1. The number of thioether (sulfide) groups is 1. The molecule has 0 atom stereocenters. The smallest absolute Gasteiger partial charge is 0.266 e. The van der Waals surface area contributed by atoms with E-state index in [-0.39, 0.29) is 23.1 Å². The number of carbonyl (C=O) groups is 2. The Bertz CT molecular complexity index is 1470. The van der Waals surface area contributed by atoms with Crippen LogP contribution in [-0.4, -0.2) is 34.2 Å². The largest absolute Gasteiger partial charge is 0.355 e. The number of rotatable bonds is 6. The van der Waals surface area contributed by atoms with Gasteiger partial charge in [0.15, 0.2) is 5.16 Å². The van der Waals surface area contributed by atoms with Gasteiger partial charge in [0.25, 0.3) is 11.5 Å². The number of amides is 2. The van der Waals surface area contributed by atoms with Crippen LogP contribution in [0.5, 0.6) is 0 Å². The lowest BCUT2D eigenvalue weighted by Gasteiger charge is -2.15. The second-order valence-electron chi connectivity index (χ2n) is 7.48. The highest BCUT2D eigenvalue weighted by atomic mass is 35.5. The van der Waals surface area contributed by atoms with Crippen molar-refractivity contribution in [2.24, 2.45) is 0 Å². The molecular weight excluding hydrogens is 472 g/mol. The normalized spacial score (nSPS) is 10.8. The van der Waals surface area contributed by atoms with E-state index in [4.69, 9.17) is 11.6 Å². The third-order valence-electron chi connectivity index (χ3n) is 5.12. The number of fused-ring (bicyclic) bond motifs is 1. The lowest BCUT2D eigenvalue weighted by molar-refractivity contribution is -0.113. The Labute approximate surface area is 205 Å². The Morgan fingerprint density at radius 3 is 2.62 bits per heavy atom. The van der Waals surface area contributed by atoms with Gasteiger partial charge in [-0.05, 0) is 55.0 Å². The van der Waals surface area contributed by atoms with Crippen LogP contribution >= 0.6 is 23.4 Å². The third-order valence-corrected chi connectivity index (χ3v) is 6.30. The lowest BCUT2D eigenvalue weighted by atomic mass is 10.2. The summed E-state index contributed by atoms with van der Waals surface area (Å²) in [5.74, 6) is -0.531. The van der Waals surface area contributed by atoms with Crippen LogP contribution in [0.25, 0.3) is 16.6 Å². The minimum atomic E-state index is -0.296. The molecule has 2 amide bonds. The predicted octanol–water partition coefficient (Wildman–Crippen LogP) is 4.44. The molecule has 9 heteroatoms. The standard InChI is InChI=1S/C25H21ClN4O3S/c1-15-6-3-4-9-21(15)30-24(33)19-11-10-17(26)13-20(19)29-25(30)34-14-22(31)28-18-8-5-7-16(12-18)23(32)27-2/h3-13H,14H2,1-2H3,(H,27,32)(H,28,31). The summed E-state index contributed by atoms with van der Waals surface area (Å²) >= 11 is 7.27. The number of anilines is 1. The zero-order valence-electron chi connectivity index (χ0n) is 18.5. The van der Waals surface area contributed by atoms with E-state index >= 15 is 0 Å². The van der Waals surface area contributed by atoms with Gasteiger partial charge in [0.1, 0.15) is 0 Å². The molecule has 4 rings (SSSR count). The summed E-state index contributed by atoms with van der Waals surface area (Å²) in [6.07, 6.45) is 0. The average Bonchev–Trinajstić information content (AvgIpc) is 2.83. The number of aromatic nitrogens is 2. The summed E-state index contributed by atoms with van der Waals surface area (Å²) < 4.78 is 1.52. The number of hydrogen-bond donors (Lipinski definition) is 2. The second kappa shape index (κ2) is 10.1. The van der Waals surface area contributed by atoms with Crippen LogP contribution in [0, 0.1) is 6.92 Å². The van der Waals surface area contributed by atoms with E-state index in [1.165, 1.54) is 4.57 Å². The van der Waals surface area contributed by atoms with Crippen LogP contribution in [0.3, 0.4) is 0 Å². The molecule has 0 saturated heterocycles. The van der Waals surface area contributed by atoms with Crippen LogP contribution in [-0.2, 0) is 4.79 Å². The summed E-state index contributed by atoms with van der Waals surface area (Å²) in [6.45, 7) is 1.91. The van der Waals surface area contributed by atoms with Crippen molar-refractivity contribution >= 4 is 51.8 Å². The zero-order valence-corrected chi connectivity index (χ0v) is 20.0. The Balaban J connectivity index is 1.65. The molecule has 0 aliphatic heterocycles. The number of hydrogen-bond acceptors (Lipinski definition) is 5. The molecule has 0 bridgehead atoms. The molecule has 1 aromatic heterocycles. The van der Waals surface area contributed by atoms with Crippen LogP contribution < -0.4 is 16.2 Å². The van der Waals surface area contributed by atoms with Crippen LogP contribution in [0.15, 0.2) is 76.7 Å². The van der Waals surface area contributed by atoms with Crippen molar-refractivity contribution in [3.05, 3.63) is 93.2 Å². The van der Waals surface area contributed by atoms with Gasteiger partial charge >= 0.3 is 0 Å². The minimum absolute atomic E-state index is 0.00853. The Kier molecular flexibility index (Phi) is 7.00. The van der Waals surface area contributed by atoms with E-state index in [0.717, 1.165) is 17.3 Å². The molecule has 34 heavy (non-hydrogen) atoms. The van der Waals surface area contributed by atoms with Crippen molar-refractivity contribution < 1.29 is 9.59 Å². The molecule has 0 radical (unpaired) electrons. The van der Waals surface area contributed by atoms with Gasteiger partial charge in [-0.25, -0.2) is 4.98 Å². The average molecular weight is 493 g/mol. The first-order chi connectivity index (χ1) is 16.4. The van der Waals surface area contributed by atoms with Crippen molar-refractivity contribution in [1.29, 1.82) is 0 Å². The van der Waals surface area contributed by atoms with Crippen molar-refractivity contribution in [2.75, 3.05) is 18.1 Å². The first-order valence-corrected chi connectivity index (χ1v) is 11.8. The molecule has 0 spiro atoms. The highest BCUT2D eigenvalue weighted by Gasteiger charge is 2.16. The summed E-state index contributed by atoms with van der Waals surface area (Å²) in [7, 11) is 1.54. The van der Waals surface area contributed by atoms with E-state index in [1.54, 1.807) is 49.5 Å². The molecule has 7 nitrogen and oxygen atoms in total. The fourth-order valence-electron chi connectivity index (χ4n) is 3.47. The van der Waals surface area contributed by atoms with Crippen molar-refractivity contribution in [2.45, 2.75) is 12.1 Å². The maximum Gasteiger partial charge on any atom is 0.266 e. The summed E-state index contributed by atoms with van der Waals surface area (Å²) in [4.78, 5) is 42.6. The highest BCUT2D eigenvalue weighted by molar-refractivity contribution is 7.99. The fourth-order valence-corrected chi connectivity index (χ4v) is 4.44. The van der Waals surface area contributed by atoms with Gasteiger partial charge in [-0.1, -0.05) is 47.6 Å². The van der Waals surface area contributed by atoms with E-state index in [0.29, 0.717) is 38.0 Å². The number of aryl methyl sites for hydroxylation is 1. The van der Waals surface area contributed by atoms with Crippen molar-refractivity contribution in [3.8, 4) is 5.69 Å². The molecule has 0 unspecified atom stereocenters. The van der Waals surface area contributed by atoms with E-state index in [1.807, 2.05) is 31.2 Å². The third kappa shape index (κ3) is 4.98. The monoisotopic (exact) mass is 492 g/mol. The Morgan fingerprint density at radius 2 is 1.85 bits per heavy atom. The van der Waals surface area contributed by atoms with E-state index in [2.05, 4.69) is 15.6 Å². The minimum Gasteiger partial charge on any atom is -0.355 e. The molecule has 172 valence electrons. The molecule has 0 aliphatic carbocycles. The Hall–Kier alpha value is -3.62. The van der Waals surface area contributed by atoms with Crippen LogP contribution in [0.2, 0.25) is 5.02 Å². The van der Waals surface area contributed by atoms with Crippen LogP contribution in [0.1, 0.15) is 15.9 Å². The van der Waals surface area contributed by atoms with Gasteiger partial charge < -0.3 is 10.6 Å². The summed E-state index contributed by atoms with van der Waals surface area (Å²) in [6, 6.07) is 19.1. The maximum atomic E-state index is 13.4. The van der Waals surface area contributed by atoms with Gasteiger partial charge in [-0.15, -0.1) is 0 Å². The molecule has 4 aromatic rings. The van der Waals surface area contributed by atoms with Crippen molar-refractivity contribution in [3.63, 3.8) is 0 Å². The summed E-state index contributed by atoms with van der Waals surface area (Å²) in [5, 5.41) is 6.63. The van der Waals surface area contributed by atoms with Gasteiger partial charge in [0.2, 0.25) is 5.91 Å². The molecule has 2 N–H and O–H groups in total. The molecule has 3 aromatic carbocycles. The maximum absolute atomic E-state index is 13.4. The molecule has 0 aliphatic rings. The predicted molar refractivity (Wildman–Crippen MR) is 136 cm³/mol. The zero-order chi connectivity index (χ0) is 24.2. The quantitative estimate of drug-likeness (QED) is 0.306. The van der Waals surface area contributed by atoms with E-state index < -0.39 is 0 Å². The highest BCUT2D eigenvalue weighted by Crippen LogP contribution is 2.25. The number of benzene rings is 3.